The Kier molecular flexibility index (Phi) is 1.97. The second-order valence-corrected chi connectivity index (χ2v) is 5.16. The monoisotopic (exact) mass is 217 g/mol. The predicted molar refractivity (Wildman–Crippen MR) is 62.1 cm³/mol. The maximum Gasteiger partial charge on any atom is 0.346 e. The molecule has 0 saturated carbocycles. The van der Waals surface area contributed by atoms with Crippen molar-refractivity contribution in [1.82, 2.24) is 4.90 Å². The summed E-state index contributed by atoms with van der Waals surface area (Å²) in [6.45, 7) is 2.92. The molecule has 2 atom stereocenters. The average molecular weight is 217 g/mol. The van der Waals surface area contributed by atoms with E-state index in [9.17, 15) is 4.79 Å². The Bertz CT molecular complexity index is 457. The molecule has 0 radical (unpaired) electrons. The number of hydrogen-bond acceptors (Lipinski definition) is 2. The molecule has 1 saturated heterocycles. The Hall–Kier alpha value is -1.19. The fraction of sp³-hybridized carbons (Fsp3) is 0.462. The lowest BCUT2D eigenvalue weighted by Crippen LogP contribution is -2.57. The van der Waals surface area contributed by atoms with Gasteiger partial charge in [0.2, 0.25) is 0 Å². The van der Waals surface area contributed by atoms with Crippen LogP contribution >= 0.6 is 0 Å². The van der Waals surface area contributed by atoms with E-state index in [1.165, 1.54) is 5.56 Å². The highest BCUT2D eigenvalue weighted by molar-refractivity contribution is 5.93. The summed E-state index contributed by atoms with van der Waals surface area (Å²) >= 11 is 0. The van der Waals surface area contributed by atoms with E-state index < -0.39 is 0 Å². The smallest absolute Gasteiger partial charge is 0.295 e. The molecule has 3 nitrogen and oxygen atoms in total. The first-order valence-corrected chi connectivity index (χ1v) is 5.80. The molecular formula is C13H17N2O+. The zero-order chi connectivity index (χ0) is 11.3. The van der Waals surface area contributed by atoms with Crippen molar-refractivity contribution >= 4 is 5.91 Å². The van der Waals surface area contributed by atoms with E-state index in [1.54, 1.807) is 0 Å². The molecule has 1 aromatic rings. The lowest BCUT2D eigenvalue weighted by molar-refractivity contribution is -0.862. The molecule has 0 bridgehead atoms. The van der Waals surface area contributed by atoms with Gasteiger partial charge in [0.25, 0.3) is 0 Å². The molecule has 1 fully saturated rings. The number of benzene rings is 1. The number of carbonyl (C=O) groups is 1. The van der Waals surface area contributed by atoms with Crippen LogP contribution in [0.2, 0.25) is 0 Å². The number of rotatable bonds is 0. The number of carbonyl (C=O) groups excluding carboxylic acids is 1. The molecule has 0 N–H and O–H groups in total. The third-order valence-corrected chi connectivity index (χ3v) is 4.13. The van der Waals surface area contributed by atoms with E-state index >= 15 is 0 Å². The minimum atomic E-state index is 0.300. The van der Waals surface area contributed by atoms with Gasteiger partial charge >= 0.3 is 5.91 Å². The van der Waals surface area contributed by atoms with Gasteiger partial charge in [-0.1, -0.05) is 18.2 Å². The van der Waals surface area contributed by atoms with Crippen LogP contribution in [0.3, 0.4) is 0 Å². The Morgan fingerprint density at radius 1 is 1.38 bits per heavy atom. The van der Waals surface area contributed by atoms with E-state index in [2.05, 4.69) is 25.1 Å². The minimum Gasteiger partial charge on any atom is -0.295 e. The summed E-state index contributed by atoms with van der Waals surface area (Å²) < 4.78 is 0.573. The third kappa shape index (κ3) is 1.13. The van der Waals surface area contributed by atoms with Crippen LogP contribution < -0.4 is 0 Å². The highest BCUT2D eigenvalue weighted by atomic mass is 16.2. The molecule has 84 valence electrons. The third-order valence-electron chi connectivity index (χ3n) is 4.13. The number of quaternary nitrogens is 1. The highest BCUT2D eigenvalue weighted by Crippen LogP contribution is 2.40. The first-order chi connectivity index (χ1) is 7.63. The van der Waals surface area contributed by atoms with Crippen molar-refractivity contribution < 1.29 is 9.28 Å². The van der Waals surface area contributed by atoms with Crippen LogP contribution in [0.4, 0.5) is 0 Å². The van der Waals surface area contributed by atoms with Crippen molar-refractivity contribution in [3.05, 3.63) is 35.4 Å². The van der Waals surface area contributed by atoms with Crippen LogP contribution in [-0.4, -0.2) is 49.0 Å². The topological polar surface area (TPSA) is 20.3 Å². The Morgan fingerprint density at radius 3 is 2.94 bits per heavy atom. The van der Waals surface area contributed by atoms with Gasteiger partial charge in [-0.25, -0.2) is 4.79 Å². The number of hydrogen-bond donors (Lipinski definition) is 0. The first kappa shape index (κ1) is 10.00. The van der Waals surface area contributed by atoms with Crippen molar-refractivity contribution in [2.75, 3.05) is 33.7 Å². The van der Waals surface area contributed by atoms with Gasteiger partial charge < -0.3 is 0 Å². The van der Waals surface area contributed by atoms with Crippen molar-refractivity contribution in [1.29, 1.82) is 0 Å². The molecular weight excluding hydrogens is 200 g/mol. The zero-order valence-electron chi connectivity index (χ0n) is 9.81. The van der Waals surface area contributed by atoms with E-state index in [-0.39, 0.29) is 0 Å². The molecule has 16 heavy (non-hydrogen) atoms. The summed E-state index contributed by atoms with van der Waals surface area (Å²) in [7, 11) is 4.22. The summed E-state index contributed by atoms with van der Waals surface area (Å²) in [5.41, 5.74) is 2.17. The number of nitrogens with zero attached hydrogens (tertiary/aromatic N) is 2. The first-order valence-electron chi connectivity index (χ1n) is 5.80. The van der Waals surface area contributed by atoms with Gasteiger partial charge in [-0.3, -0.25) is 9.38 Å². The highest BCUT2D eigenvalue weighted by Gasteiger charge is 2.52. The van der Waals surface area contributed by atoms with Crippen LogP contribution in [0.5, 0.6) is 0 Å². The molecule has 1 aromatic carbocycles. The van der Waals surface area contributed by atoms with Gasteiger partial charge in [0.05, 0.1) is 25.7 Å². The molecule has 0 aliphatic carbocycles. The number of likely N-dealkylation sites (N-methyl/N-ethyl adjacent to an activating group) is 2. The van der Waals surface area contributed by atoms with Gasteiger partial charge in [-0.05, 0) is 13.1 Å². The summed E-state index contributed by atoms with van der Waals surface area (Å²) in [6, 6.07) is 8.42. The summed E-state index contributed by atoms with van der Waals surface area (Å²) in [4.78, 5) is 14.7. The van der Waals surface area contributed by atoms with E-state index in [4.69, 9.17) is 0 Å². The van der Waals surface area contributed by atoms with Gasteiger partial charge in [0, 0.05) is 12.1 Å². The normalized spacial score (nSPS) is 33.6. The lowest BCUT2D eigenvalue weighted by atomic mass is 10.0. The largest absolute Gasteiger partial charge is 0.346 e. The van der Waals surface area contributed by atoms with Gasteiger partial charge in [0.1, 0.15) is 6.04 Å². The van der Waals surface area contributed by atoms with Crippen LogP contribution in [0.25, 0.3) is 0 Å². The second-order valence-electron chi connectivity index (χ2n) is 5.16. The predicted octanol–water partition coefficient (Wildman–Crippen LogP) is 1.27. The Labute approximate surface area is 95.9 Å². The Morgan fingerprint density at radius 2 is 2.12 bits per heavy atom. The fourth-order valence-electron chi connectivity index (χ4n) is 3.01. The summed E-state index contributed by atoms with van der Waals surface area (Å²) in [5, 5.41) is 0. The molecule has 0 spiro atoms. The molecule has 2 heterocycles. The molecule has 3 heteroatoms. The van der Waals surface area contributed by atoms with Crippen molar-refractivity contribution in [2.45, 2.75) is 6.04 Å². The molecule has 2 unspecified atom stereocenters. The standard InChI is InChI=1S/C13H17N2O/c1-14-7-8-15(2)12(9-14)10-5-3-4-6-11(10)13(15)16/h3-6,12H,7-9H2,1-2H3/q+1. The SMILES string of the molecule is CN1CC[N+]2(C)C(=O)c3ccccc3C2C1. The molecule has 0 aromatic heterocycles. The van der Waals surface area contributed by atoms with Crippen LogP contribution in [-0.2, 0) is 0 Å². The quantitative estimate of drug-likeness (QED) is 0.610. The minimum absolute atomic E-state index is 0.300. The number of piperazine rings is 1. The molecule has 3 rings (SSSR count). The average Bonchev–Trinajstić information content (AvgIpc) is 2.51. The van der Waals surface area contributed by atoms with Crippen molar-refractivity contribution in [3.8, 4) is 0 Å². The van der Waals surface area contributed by atoms with Gasteiger partial charge in [-0.2, -0.15) is 0 Å². The van der Waals surface area contributed by atoms with E-state index in [0.29, 0.717) is 16.4 Å². The van der Waals surface area contributed by atoms with E-state index in [0.717, 1.165) is 25.2 Å². The maximum absolute atomic E-state index is 12.4. The van der Waals surface area contributed by atoms with Gasteiger partial charge in [-0.15, -0.1) is 0 Å². The van der Waals surface area contributed by atoms with Crippen molar-refractivity contribution in [2.24, 2.45) is 0 Å². The van der Waals surface area contributed by atoms with Crippen LogP contribution in [0.1, 0.15) is 22.0 Å². The second kappa shape index (κ2) is 3.15. The number of fused-ring (bicyclic) bond motifs is 3. The fourth-order valence-corrected chi connectivity index (χ4v) is 3.01. The molecule has 1 amide bonds. The number of amides is 1. The van der Waals surface area contributed by atoms with E-state index in [1.807, 2.05) is 18.2 Å². The zero-order valence-corrected chi connectivity index (χ0v) is 9.81. The van der Waals surface area contributed by atoms with Crippen LogP contribution in [0, 0.1) is 0 Å². The van der Waals surface area contributed by atoms with Gasteiger partial charge in [0.15, 0.2) is 0 Å². The molecule has 2 aliphatic heterocycles. The molecule has 2 aliphatic rings. The van der Waals surface area contributed by atoms with Crippen LogP contribution in [0.15, 0.2) is 24.3 Å². The lowest BCUT2D eigenvalue weighted by Gasteiger charge is -2.41. The summed E-state index contributed by atoms with van der Waals surface area (Å²) in [5.74, 6) is 0.300. The van der Waals surface area contributed by atoms with Crippen molar-refractivity contribution in [3.63, 3.8) is 0 Å². The summed E-state index contributed by atoms with van der Waals surface area (Å²) in [6.07, 6.45) is 0. The Balaban J connectivity index is 2.13. The maximum atomic E-state index is 12.4.